The van der Waals surface area contributed by atoms with Crippen LogP contribution in [0.5, 0.6) is 0 Å². The van der Waals surface area contributed by atoms with Gasteiger partial charge in [0, 0.05) is 17.9 Å². The molecule has 0 unspecified atom stereocenters. The summed E-state index contributed by atoms with van der Waals surface area (Å²) in [5.41, 5.74) is 8.24. The summed E-state index contributed by atoms with van der Waals surface area (Å²) in [5, 5.41) is 2.93. The van der Waals surface area contributed by atoms with Crippen LogP contribution in [0.3, 0.4) is 0 Å². The topological polar surface area (TPSA) is 58.4 Å². The van der Waals surface area contributed by atoms with Crippen molar-refractivity contribution in [1.29, 1.82) is 0 Å². The summed E-state index contributed by atoms with van der Waals surface area (Å²) in [6.45, 7) is 3.42. The number of hydrogen-bond donors (Lipinski definition) is 2. The van der Waals surface area contributed by atoms with Crippen molar-refractivity contribution in [3.05, 3.63) is 23.8 Å². The number of benzene rings is 1. The third-order valence-corrected chi connectivity index (χ3v) is 3.74. The largest absolute Gasteiger partial charge is 0.399 e. The Morgan fingerprint density at radius 1 is 1.47 bits per heavy atom. The predicted octanol–water partition coefficient (Wildman–Crippen LogP) is 2.25. The highest BCUT2D eigenvalue weighted by Gasteiger charge is 2.20. The van der Waals surface area contributed by atoms with Crippen LogP contribution in [-0.4, -0.2) is 30.9 Å². The number of carbonyl (C=O) groups excluding carboxylic acids is 1. The Labute approximate surface area is 115 Å². The van der Waals surface area contributed by atoms with Gasteiger partial charge in [-0.2, -0.15) is 0 Å². The molecular formula is C15H23N3O. The number of nitrogens with one attached hydrogen (secondary N) is 1. The second-order valence-corrected chi connectivity index (χ2v) is 5.62. The molecule has 3 N–H and O–H groups in total. The van der Waals surface area contributed by atoms with Crippen molar-refractivity contribution in [2.24, 2.45) is 5.92 Å². The Hall–Kier alpha value is -1.55. The maximum absolute atomic E-state index is 12.0. The van der Waals surface area contributed by atoms with E-state index in [1.54, 1.807) is 6.07 Å². The summed E-state index contributed by atoms with van der Waals surface area (Å²) in [6.07, 6.45) is 3.95. The molecule has 4 heteroatoms. The molecule has 104 valence electrons. The van der Waals surface area contributed by atoms with Crippen molar-refractivity contribution < 1.29 is 4.79 Å². The first kappa shape index (κ1) is 13.9. The van der Waals surface area contributed by atoms with E-state index in [2.05, 4.69) is 10.2 Å². The van der Waals surface area contributed by atoms with E-state index in [0.717, 1.165) is 23.7 Å². The van der Waals surface area contributed by atoms with Crippen LogP contribution in [-0.2, 0) is 4.79 Å². The molecule has 1 fully saturated rings. The highest BCUT2D eigenvalue weighted by atomic mass is 16.2. The van der Waals surface area contributed by atoms with Gasteiger partial charge in [0.15, 0.2) is 0 Å². The normalized spacial score (nSPS) is 15.3. The summed E-state index contributed by atoms with van der Waals surface area (Å²) in [4.78, 5) is 14.1. The Morgan fingerprint density at radius 2 is 2.21 bits per heavy atom. The highest BCUT2D eigenvalue weighted by Crippen LogP contribution is 2.26. The van der Waals surface area contributed by atoms with E-state index in [9.17, 15) is 4.79 Å². The fourth-order valence-corrected chi connectivity index (χ4v) is 2.39. The zero-order valence-electron chi connectivity index (χ0n) is 11.8. The third kappa shape index (κ3) is 3.96. The minimum atomic E-state index is 0.0236. The van der Waals surface area contributed by atoms with Crippen LogP contribution in [0.4, 0.5) is 11.4 Å². The van der Waals surface area contributed by atoms with Gasteiger partial charge in [-0.05, 0) is 50.4 Å². The van der Waals surface area contributed by atoms with Gasteiger partial charge in [0.25, 0.3) is 0 Å². The number of rotatable bonds is 5. The molecule has 1 aromatic carbocycles. The minimum Gasteiger partial charge on any atom is -0.399 e. The molecule has 4 nitrogen and oxygen atoms in total. The second-order valence-electron chi connectivity index (χ2n) is 5.62. The Morgan fingerprint density at radius 3 is 2.84 bits per heavy atom. The summed E-state index contributed by atoms with van der Waals surface area (Å²) >= 11 is 0. The van der Waals surface area contributed by atoms with Crippen LogP contribution in [0.2, 0.25) is 0 Å². The molecule has 0 radical (unpaired) electrons. The molecule has 19 heavy (non-hydrogen) atoms. The number of amides is 1. The quantitative estimate of drug-likeness (QED) is 0.799. The molecule has 0 bridgehead atoms. The number of carbonyl (C=O) groups is 1. The zero-order valence-corrected chi connectivity index (χ0v) is 11.8. The van der Waals surface area contributed by atoms with E-state index >= 15 is 0 Å². The lowest BCUT2D eigenvalue weighted by Gasteiger charge is -2.29. The van der Waals surface area contributed by atoms with E-state index in [1.165, 1.54) is 19.3 Å². The van der Waals surface area contributed by atoms with Crippen molar-refractivity contribution in [1.82, 2.24) is 4.90 Å². The number of aryl methyl sites for hydroxylation is 1. The fourth-order valence-electron chi connectivity index (χ4n) is 2.39. The van der Waals surface area contributed by atoms with Crippen LogP contribution in [0.15, 0.2) is 18.2 Å². The lowest BCUT2D eigenvalue weighted by Crippen LogP contribution is -2.35. The number of nitrogens with zero attached hydrogens (tertiary/aromatic N) is 1. The van der Waals surface area contributed by atoms with Gasteiger partial charge in [-0.3, -0.25) is 9.69 Å². The van der Waals surface area contributed by atoms with Crippen molar-refractivity contribution in [2.45, 2.75) is 26.2 Å². The molecule has 1 aromatic rings. The van der Waals surface area contributed by atoms with Gasteiger partial charge in [-0.25, -0.2) is 0 Å². The summed E-state index contributed by atoms with van der Waals surface area (Å²) < 4.78 is 0. The average Bonchev–Trinajstić information content (AvgIpc) is 2.28. The van der Waals surface area contributed by atoms with Crippen LogP contribution in [0.25, 0.3) is 0 Å². The minimum absolute atomic E-state index is 0.0236. The Kier molecular flexibility index (Phi) is 4.43. The molecule has 0 aliphatic heterocycles. The first-order valence-electron chi connectivity index (χ1n) is 6.89. The molecule has 1 saturated carbocycles. The molecule has 1 aliphatic rings. The maximum atomic E-state index is 12.0. The van der Waals surface area contributed by atoms with Gasteiger partial charge in [0.05, 0.1) is 6.54 Å². The lowest BCUT2D eigenvalue weighted by molar-refractivity contribution is -0.117. The van der Waals surface area contributed by atoms with E-state index in [-0.39, 0.29) is 5.91 Å². The number of likely N-dealkylation sites (N-methyl/N-ethyl adjacent to an activating group) is 1. The summed E-state index contributed by atoms with van der Waals surface area (Å²) in [7, 11) is 2.00. The van der Waals surface area contributed by atoms with Crippen LogP contribution < -0.4 is 11.1 Å². The zero-order chi connectivity index (χ0) is 13.8. The summed E-state index contributed by atoms with van der Waals surface area (Å²) in [5.74, 6) is 0.808. The maximum Gasteiger partial charge on any atom is 0.238 e. The van der Waals surface area contributed by atoms with E-state index < -0.39 is 0 Å². The molecule has 0 spiro atoms. The standard InChI is InChI=1S/C15H23N3O/c1-11-6-7-13(16)8-14(11)17-15(19)10-18(2)9-12-4-3-5-12/h6-8,12H,3-5,9-10,16H2,1-2H3,(H,17,19). The second kappa shape index (κ2) is 6.06. The number of anilines is 2. The molecule has 0 aromatic heterocycles. The Bertz CT molecular complexity index is 455. The Balaban J connectivity index is 1.84. The lowest BCUT2D eigenvalue weighted by atomic mass is 9.85. The highest BCUT2D eigenvalue weighted by molar-refractivity contribution is 5.93. The van der Waals surface area contributed by atoms with Crippen molar-refractivity contribution in [2.75, 3.05) is 31.2 Å². The van der Waals surface area contributed by atoms with Gasteiger partial charge in [-0.1, -0.05) is 12.5 Å². The predicted molar refractivity (Wildman–Crippen MR) is 79.1 cm³/mol. The molecule has 0 heterocycles. The van der Waals surface area contributed by atoms with Gasteiger partial charge >= 0.3 is 0 Å². The van der Waals surface area contributed by atoms with Crippen molar-refractivity contribution in [3.63, 3.8) is 0 Å². The summed E-state index contributed by atoms with van der Waals surface area (Å²) in [6, 6.07) is 5.57. The van der Waals surface area contributed by atoms with Gasteiger partial charge in [0.1, 0.15) is 0 Å². The SMILES string of the molecule is Cc1ccc(N)cc1NC(=O)CN(C)CC1CCC1. The molecule has 2 rings (SSSR count). The van der Waals surface area contributed by atoms with Crippen molar-refractivity contribution >= 4 is 17.3 Å². The smallest absolute Gasteiger partial charge is 0.238 e. The van der Waals surface area contributed by atoms with Gasteiger partial charge in [-0.15, -0.1) is 0 Å². The van der Waals surface area contributed by atoms with Gasteiger partial charge in [0.2, 0.25) is 5.91 Å². The first-order valence-corrected chi connectivity index (χ1v) is 6.89. The monoisotopic (exact) mass is 261 g/mol. The molecular weight excluding hydrogens is 238 g/mol. The molecule has 1 aliphatic carbocycles. The van der Waals surface area contributed by atoms with E-state index in [1.807, 2.05) is 26.1 Å². The molecule has 0 atom stereocenters. The van der Waals surface area contributed by atoms with Crippen LogP contribution >= 0.6 is 0 Å². The number of hydrogen-bond acceptors (Lipinski definition) is 3. The van der Waals surface area contributed by atoms with Gasteiger partial charge < -0.3 is 11.1 Å². The van der Waals surface area contributed by atoms with Crippen LogP contribution in [0, 0.1) is 12.8 Å². The average molecular weight is 261 g/mol. The number of nitrogens with two attached hydrogens (primary N) is 1. The molecule has 0 saturated heterocycles. The number of nitrogen functional groups attached to an aromatic ring is 1. The first-order chi connectivity index (χ1) is 9.04. The van der Waals surface area contributed by atoms with E-state index in [4.69, 9.17) is 5.73 Å². The van der Waals surface area contributed by atoms with Crippen molar-refractivity contribution in [3.8, 4) is 0 Å². The third-order valence-electron chi connectivity index (χ3n) is 3.74. The van der Waals surface area contributed by atoms with Crippen LogP contribution in [0.1, 0.15) is 24.8 Å². The molecule has 1 amide bonds. The fraction of sp³-hybridized carbons (Fsp3) is 0.533. The van der Waals surface area contributed by atoms with E-state index in [0.29, 0.717) is 12.2 Å².